The molecule has 3 aromatic rings. The number of hydrogen-bond acceptors (Lipinski definition) is 9. The minimum atomic E-state index is -4.38. The van der Waals surface area contributed by atoms with Crippen LogP contribution in [0.25, 0.3) is 10.6 Å². The Kier molecular flexibility index (Phi) is 8.14. The van der Waals surface area contributed by atoms with Crippen molar-refractivity contribution < 1.29 is 32.6 Å². The highest BCUT2D eigenvalue weighted by Crippen LogP contribution is 2.34. The van der Waals surface area contributed by atoms with E-state index in [0.29, 0.717) is 45.1 Å². The topological polar surface area (TPSA) is 105 Å². The van der Waals surface area contributed by atoms with Gasteiger partial charge in [-0.15, -0.1) is 22.7 Å². The highest BCUT2D eigenvalue weighted by atomic mass is 32.1. The van der Waals surface area contributed by atoms with Gasteiger partial charge in [-0.3, -0.25) is 4.79 Å². The number of thiazole rings is 2. The Morgan fingerprint density at radius 2 is 1.89 bits per heavy atom. The van der Waals surface area contributed by atoms with Gasteiger partial charge < -0.3 is 20.1 Å². The van der Waals surface area contributed by atoms with Gasteiger partial charge in [-0.05, 0) is 38.1 Å². The maximum atomic E-state index is 12.8. The summed E-state index contributed by atoms with van der Waals surface area (Å²) in [5.74, 6) is -0.200. The number of ketones is 1. The van der Waals surface area contributed by atoms with Gasteiger partial charge in [0.15, 0.2) is 0 Å². The number of anilines is 1. The van der Waals surface area contributed by atoms with Crippen LogP contribution in [-0.2, 0) is 35.3 Å². The van der Waals surface area contributed by atoms with E-state index in [0.717, 1.165) is 12.1 Å². The van der Waals surface area contributed by atoms with E-state index >= 15 is 0 Å². The lowest BCUT2D eigenvalue weighted by molar-refractivity contribution is -0.137. The standard InChI is InChI=1S/C24H25F3N4O4S2/c1-13(2)35-23(34)28-8-17-22(37-21(11-32)29-17)18-12-36-20(30-18)7-19(33)14-9-31(10-14)16-5-3-15(4-6-16)24(25,26)27/h3-6,12-14,32H,7-11H2,1-2H3,(H,28,34). The monoisotopic (exact) mass is 554 g/mol. The molecular formula is C24H25F3N4O4S2. The van der Waals surface area contributed by atoms with Gasteiger partial charge in [0, 0.05) is 24.2 Å². The number of amides is 1. The number of alkyl carbamates (subject to hydrolysis) is 1. The number of rotatable bonds is 9. The molecule has 2 aromatic heterocycles. The number of alkyl halides is 3. The summed E-state index contributed by atoms with van der Waals surface area (Å²) >= 11 is 2.60. The average molecular weight is 555 g/mol. The molecule has 0 radical (unpaired) electrons. The lowest BCUT2D eigenvalue weighted by Gasteiger charge is -2.40. The van der Waals surface area contributed by atoms with Gasteiger partial charge in [0.2, 0.25) is 0 Å². The number of ether oxygens (including phenoxy) is 1. The molecule has 0 atom stereocenters. The normalized spacial score (nSPS) is 14.1. The predicted molar refractivity (Wildman–Crippen MR) is 133 cm³/mol. The molecule has 1 saturated heterocycles. The van der Waals surface area contributed by atoms with Gasteiger partial charge in [-0.1, -0.05) is 0 Å². The number of benzene rings is 1. The first kappa shape index (κ1) is 27.0. The second-order valence-corrected chi connectivity index (χ2v) is 10.8. The van der Waals surface area contributed by atoms with Crippen molar-refractivity contribution in [1.29, 1.82) is 0 Å². The largest absolute Gasteiger partial charge is 0.447 e. The molecule has 3 heterocycles. The maximum absolute atomic E-state index is 12.8. The molecule has 37 heavy (non-hydrogen) atoms. The van der Waals surface area contributed by atoms with Crippen LogP contribution in [-0.4, -0.2) is 46.1 Å². The first-order chi connectivity index (χ1) is 17.5. The van der Waals surface area contributed by atoms with E-state index in [1.807, 2.05) is 10.3 Å². The molecule has 13 heteroatoms. The number of nitrogens with one attached hydrogen (secondary N) is 1. The van der Waals surface area contributed by atoms with Crippen LogP contribution in [0.5, 0.6) is 0 Å². The molecule has 198 valence electrons. The second kappa shape index (κ2) is 11.2. The SMILES string of the molecule is CC(C)OC(=O)NCc1nc(CO)sc1-c1csc(CC(=O)C2CN(c3ccc(C(F)(F)F)cc3)C2)n1. The molecule has 1 aliphatic heterocycles. The van der Waals surface area contributed by atoms with Crippen molar-refractivity contribution in [2.45, 2.75) is 45.7 Å². The molecule has 0 spiro atoms. The van der Waals surface area contributed by atoms with Gasteiger partial charge in [0.1, 0.15) is 15.8 Å². The quantitative estimate of drug-likeness (QED) is 0.397. The Morgan fingerprint density at radius 3 is 2.51 bits per heavy atom. The fourth-order valence-electron chi connectivity index (χ4n) is 3.74. The molecule has 1 fully saturated rings. The number of aliphatic hydroxyl groups excluding tert-OH is 1. The van der Waals surface area contributed by atoms with Gasteiger partial charge >= 0.3 is 12.3 Å². The van der Waals surface area contributed by atoms with Gasteiger partial charge in [0.05, 0.1) is 53.4 Å². The molecular weight excluding hydrogens is 529 g/mol. The lowest BCUT2D eigenvalue weighted by atomic mass is 9.92. The van der Waals surface area contributed by atoms with E-state index in [9.17, 15) is 27.9 Å². The highest BCUT2D eigenvalue weighted by Gasteiger charge is 2.34. The van der Waals surface area contributed by atoms with Crippen molar-refractivity contribution >= 4 is 40.2 Å². The van der Waals surface area contributed by atoms with Gasteiger partial charge in [-0.25, -0.2) is 14.8 Å². The van der Waals surface area contributed by atoms with Gasteiger partial charge in [0.25, 0.3) is 0 Å². The van der Waals surface area contributed by atoms with Crippen LogP contribution in [0, 0.1) is 5.92 Å². The summed E-state index contributed by atoms with van der Waals surface area (Å²) in [6.45, 7) is 4.22. The van der Waals surface area contributed by atoms with E-state index in [1.54, 1.807) is 13.8 Å². The summed E-state index contributed by atoms with van der Waals surface area (Å²) in [5, 5.41) is 15.1. The Labute approximate surface area is 219 Å². The Bertz CT molecular complexity index is 1250. The maximum Gasteiger partial charge on any atom is 0.416 e. The van der Waals surface area contributed by atoms with E-state index in [4.69, 9.17) is 4.74 Å². The molecule has 0 unspecified atom stereocenters. The number of carbonyl (C=O) groups is 2. The summed E-state index contributed by atoms with van der Waals surface area (Å²) in [4.78, 5) is 36.1. The summed E-state index contributed by atoms with van der Waals surface area (Å²) in [7, 11) is 0. The summed E-state index contributed by atoms with van der Waals surface area (Å²) < 4.78 is 43.3. The molecule has 4 rings (SSSR count). The molecule has 0 saturated carbocycles. The van der Waals surface area contributed by atoms with E-state index in [-0.39, 0.29) is 37.4 Å². The Morgan fingerprint density at radius 1 is 1.19 bits per heavy atom. The number of Topliss-reactive ketones (excluding diaryl/α,β-unsaturated/α-hetero) is 1. The van der Waals surface area contributed by atoms with Crippen LogP contribution in [0.3, 0.4) is 0 Å². The summed E-state index contributed by atoms with van der Waals surface area (Å²) in [6.07, 6.45) is -5.07. The second-order valence-electron chi connectivity index (χ2n) is 8.77. The number of halogens is 3. The number of carbonyl (C=O) groups excluding carboxylic acids is 2. The third-order valence-electron chi connectivity index (χ3n) is 5.63. The van der Waals surface area contributed by atoms with Crippen molar-refractivity contribution in [1.82, 2.24) is 15.3 Å². The molecule has 1 aromatic carbocycles. The average Bonchev–Trinajstić information content (AvgIpc) is 3.42. The third-order valence-corrected chi connectivity index (χ3v) is 7.58. The fraction of sp³-hybridized carbons (Fsp3) is 0.417. The van der Waals surface area contributed by atoms with Crippen LogP contribution in [0.4, 0.5) is 23.7 Å². The van der Waals surface area contributed by atoms with Crippen LogP contribution >= 0.6 is 22.7 Å². The summed E-state index contributed by atoms with van der Waals surface area (Å²) in [6, 6.07) is 4.92. The lowest BCUT2D eigenvalue weighted by Crippen LogP contribution is -2.50. The van der Waals surface area contributed by atoms with Crippen molar-refractivity contribution in [2.75, 3.05) is 18.0 Å². The van der Waals surface area contributed by atoms with Crippen molar-refractivity contribution in [3.8, 4) is 10.6 Å². The molecule has 8 nitrogen and oxygen atoms in total. The number of nitrogens with zero attached hydrogens (tertiary/aromatic N) is 3. The smallest absolute Gasteiger partial charge is 0.416 e. The third kappa shape index (κ3) is 6.65. The van der Waals surface area contributed by atoms with Crippen molar-refractivity contribution in [3.63, 3.8) is 0 Å². The zero-order chi connectivity index (χ0) is 26.7. The zero-order valence-electron chi connectivity index (χ0n) is 20.0. The van der Waals surface area contributed by atoms with E-state index < -0.39 is 17.8 Å². The summed E-state index contributed by atoms with van der Waals surface area (Å²) in [5.41, 5.74) is 1.10. The van der Waals surface area contributed by atoms with Crippen LogP contribution in [0.15, 0.2) is 29.6 Å². The van der Waals surface area contributed by atoms with E-state index in [1.165, 1.54) is 34.8 Å². The van der Waals surface area contributed by atoms with Crippen LogP contribution < -0.4 is 10.2 Å². The Balaban J connectivity index is 1.34. The molecule has 1 amide bonds. The van der Waals surface area contributed by atoms with Crippen LogP contribution in [0.1, 0.15) is 35.1 Å². The molecule has 2 N–H and O–H groups in total. The number of hydrogen-bond donors (Lipinski definition) is 2. The minimum Gasteiger partial charge on any atom is -0.447 e. The van der Waals surface area contributed by atoms with Crippen molar-refractivity contribution in [2.24, 2.45) is 5.92 Å². The highest BCUT2D eigenvalue weighted by molar-refractivity contribution is 7.16. The zero-order valence-corrected chi connectivity index (χ0v) is 21.7. The molecule has 0 bridgehead atoms. The first-order valence-corrected chi connectivity index (χ1v) is 13.2. The fourth-order valence-corrected chi connectivity index (χ4v) is 5.51. The van der Waals surface area contributed by atoms with Crippen LogP contribution in [0.2, 0.25) is 0 Å². The molecule has 1 aliphatic rings. The molecule has 0 aliphatic carbocycles. The minimum absolute atomic E-state index is 0.0164. The first-order valence-electron chi connectivity index (χ1n) is 11.5. The van der Waals surface area contributed by atoms with E-state index in [2.05, 4.69) is 15.3 Å². The predicted octanol–water partition coefficient (Wildman–Crippen LogP) is 4.66. The Hall–Kier alpha value is -3.03. The van der Waals surface area contributed by atoms with Crippen molar-refractivity contribution in [3.05, 3.63) is 50.9 Å². The van der Waals surface area contributed by atoms with Gasteiger partial charge in [-0.2, -0.15) is 13.2 Å². The number of aromatic nitrogens is 2. The number of aliphatic hydroxyl groups is 1.